The molecular formula is C19H18Cl2N4OS. The van der Waals surface area contributed by atoms with E-state index in [4.69, 9.17) is 23.2 Å². The summed E-state index contributed by atoms with van der Waals surface area (Å²) in [5, 5.41) is 8.72. The lowest BCUT2D eigenvalue weighted by atomic mass is 10.2. The van der Waals surface area contributed by atoms with Crippen molar-refractivity contribution in [3.63, 3.8) is 0 Å². The van der Waals surface area contributed by atoms with E-state index >= 15 is 0 Å². The van der Waals surface area contributed by atoms with Crippen molar-refractivity contribution in [1.82, 2.24) is 14.8 Å². The average molecular weight is 421 g/mol. The molecular weight excluding hydrogens is 403 g/mol. The van der Waals surface area contributed by atoms with Gasteiger partial charge in [0.05, 0.1) is 12.2 Å². The van der Waals surface area contributed by atoms with Crippen LogP contribution >= 0.6 is 35.0 Å². The maximum absolute atomic E-state index is 12.1. The molecule has 0 unspecified atom stereocenters. The zero-order valence-corrected chi connectivity index (χ0v) is 17.1. The Morgan fingerprint density at radius 2 is 1.85 bits per heavy atom. The number of rotatable bonds is 6. The third-order valence-electron chi connectivity index (χ3n) is 3.73. The number of carbonyl (C=O) groups is 1. The lowest BCUT2D eigenvalue weighted by Crippen LogP contribution is -2.18. The Kier molecular flexibility index (Phi) is 6.42. The Balaban J connectivity index is 1.84. The highest BCUT2D eigenvalue weighted by Gasteiger charge is 2.15. The van der Waals surface area contributed by atoms with E-state index in [2.05, 4.69) is 15.4 Å². The van der Waals surface area contributed by atoms with Crippen LogP contribution in [0.25, 0.3) is 0 Å². The first-order valence-electron chi connectivity index (χ1n) is 8.35. The molecule has 1 heterocycles. The maximum atomic E-state index is 12.1. The Morgan fingerprint density at radius 1 is 1.15 bits per heavy atom. The van der Waals surface area contributed by atoms with Crippen LogP contribution in [0.3, 0.4) is 0 Å². The van der Waals surface area contributed by atoms with Crippen molar-refractivity contribution in [2.75, 3.05) is 5.32 Å². The van der Waals surface area contributed by atoms with Crippen molar-refractivity contribution in [1.29, 1.82) is 0 Å². The average Bonchev–Trinajstić information content (AvgIpc) is 2.97. The number of nitrogens with one attached hydrogen (secondary N) is 1. The number of carbonyl (C=O) groups excluding carboxylic acids is 1. The smallest absolute Gasteiger partial charge is 0.243 e. The molecule has 0 fully saturated rings. The fourth-order valence-electron chi connectivity index (χ4n) is 2.28. The van der Waals surface area contributed by atoms with Gasteiger partial charge in [-0.1, -0.05) is 49.7 Å². The lowest BCUT2D eigenvalue weighted by molar-refractivity contribution is -0.118. The quantitative estimate of drug-likeness (QED) is 0.581. The predicted molar refractivity (Wildman–Crippen MR) is 110 cm³/mol. The number of anilines is 1. The van der Waals surface area contributed by atoms with Crippen LogP contribution in [0.15, 0.2) is 58.6 Å². The second-order valence-electron chi connectivity index (χ2n) is 6.19. The first kappa shape index (κ1) is 19.7. The largest absolute Gasteiger partial charge is 0.325 e. The Hall–Kier alpha value is -2.02. The molecule has 1 amide bonds. The number of aromatic nitrogens is 3. The molecule has 0 bridgehead atoms. The first-order valence-corrected chi connectivity index (χ1v) is 9.92. The number of amides is 1. The van der Waals surface area contributed by atoms with E-state index in [1.54, 1.807) is 4.68 Å². The van der Waals surface area contributed by atoms with Gasteiger partial charge in [-0.25, -0.2) is 4.68 Å². The first-order chi connectivity index (χ1) is 12.9. The zero-order chi connectivity index (χ0) is 19.4. The summed E-state index contributed by atoms with van der Waals surface area (Å²) in [7, 11) is 0. The van der Waals surface area contributed by atoms with Gasteiger partial charge in [0.15, 0.2) is 5.16 Å². The fourth-order valence-corrected chi connectivity index (χ4v) is 3.54. The molecule has 0 aliphatic carbocycles. The topological polar surface area (TPSA) is 59.8 Å². The molecule has 3 aromatic rings. The van der Waals surface area contributed by atoms with Crippen LogP contribution in [0.2, 0.25) is 10.3 Å². The fraction of sp³-hybridized carbons (Fsp3) is 0.211. The van der Waals surface area contributed by atoms with E-state index in [-0.39, 0.29) is 17.1 Å². The SMILES string of the molecule is CC(C)C(=O)Nc1ccccc1Sc1nc(Cl)nn1Cc1ccc(Cl)cc1. The molecule has 0 atom stereocenters. The third-order valence-corrected chi connectivity index (χ3v) is 5.20. The molecule has 0 saturated carbocycles. The van der Waals surface area contributed by atoms with Gasteiger partial charge >= 0.3 is 0 Å². The Morgan fingerprint density at radius 3 is 2.56 bits per heavy atom. The minimum absolute atomic E-state index is 0.0382. The predicted octanol–water partition coefficient (Wildman–Crippen LogP) is 5.38. The lowest BCUT2D eigenvalue weighted by Gasteiger charge is -2.12. The molecule has 27 heavy (non-hydrogen) atoms. The summed E-state index contributed by atoms with van der Waals surface area (Å²) in [5.74, 6) is -0.144. The Bertz CT molecular complexity index is 941. The summed E-state index contributed by atoms with van der Waals surface area (Å²) in [5.41, 5.74) is 1.77. The van der Waals surface area contributed by atoms with Crippen molar-refractivity contribution in [3.8, 4) is 0 Å². The van der Waals surface area contributed by atoms with Crippen LogP contribution in [0, 0.1) is 5.92 Å². The summed E-state index contributed by atoms with van der Waals surface area (Å²) < 4.78 is 1.73. The molecule has 140 valence electrons. The van der Waals surface area contributed by atoms with Crippen LogP contribution in [-0.2, 0) is 11.3 Å². The van der Waals surface area contributed by atoms with Gasteiger partial charge in [-0.05, 0) is 53.2 Å². The summed E-state index contributed by atoms with van der Waals surface area (Å²) in [6.45, 7) is 4.22. The van der Waals surface area contributed by atoms with Crippen LogP contribution in [0.5, 0.6) is 0 Å². The summed E-state index contributed by atoms with van der Waals surface area (Å²) in [4.78, 5) is 17.3. The van der Waals surface area contributed by atoms with E-state index < -0.39 is 0 Å². The zero-order valence-electron chi connectivity index (χ0n) is 14.8. The van der Waals surface area contributed by atoms with Crippen LogP contribution < -0.4 is 5.32 Å². The van der Waals surface area contributed by atoms with Crippen molar-refractivity contribution < 1.29 is 4.79 Å². The number of halogens is 2. The molecule has 3 rings (SSSR count). The molecule has 8 heteroatoms. The maximum Gasteiger partial charge on any atom is 0.243 e. The van der Waals surface area contributed by atoms with E-state index in [0.717, 1.165) is 16.1 Å². The molecule has 2 aromatic carbocycles. The molecule has 5 nitrogen and oxygen atoms in total. The van der Waals surface area contributed by atoms with Crippen molar-refractivity contribution in [3.05, 3.63) is 64.4 Å². The molecule has 0 radical (unpaired) electrons. The van der Waals surface area contributed by atoms with Crippen molar-refractivity contribution >= 4 is 46.6 Å². The van der Waals surface area contributed by atoms with Crippen LogP contribution in [0.1, 0.15) is 19.4 Å². The minimum atomic E-state index is -0.106. The van der Waals surface area contributed by atoms with Gasteiger partial charge in [0.1, 0.15) is 0 Å². The molecule has 0 saturated heterocycles. The van der Waals surface area contributed by atoms with E-state index in [0.29, 0.717) is 16.7 Å². The van der Waals surface area contributed by atoms with Gasteiger partial charge in [0.2, 0.25) is 11.2 Å². The van der Waals surface area contributed by atoms with Crippen molar-refractivity contribution in [2.24, 2.45) is 5.92 Å². The third kappa shape index (κ3) is 5.25. The number of para-hydroxylation sites is 1. The summed E-state index contributed by atoms with van der Waals surface area (Å²) >= 11 is 13.4. The highest BCUT2D eigenvalue weighted by Crippen LogP contribution is 2.33. The second-order valence-corrected chi connectivity index (χ2v) is 7.97. The van der Waals surface area contributed by atoms with Gasteiger partial charge in [0.25, 0.3) is 0 Å². The minimum Gasteiger partial charge on any atom is -0.325 e. The number of nitrogens with zero attached hydrogens (tertiary/aromatic N) is 3. The van der Waals surface area contributed by atoms with Gasteiger partial charge in [0, 0.05) is 15.8 Å². The number of benzene rings is 2. The second kappa shape index (κ2) is 8.78. The normalized spacial score (nSPS) is 11.0. The van der Waals surface area contributed by atoms with Gasteiger partial charge in [-0.15, -0.1) is 5.10 Å². The van der Waals surface area contributed by atoms with Crippen LogP contribution in [-0.4, -0.2) is 20.7 Å². The molecule has 0 aliphatic heterocycles. The van der Waals surface area contributed by atoms with Gasteiger partial charge in [-0.2, -0.15) is 4.98 Å². The van der Waals surface area contributed by atoms with E-state index in [9.17, 15) is 4.79 Å². The highest BCUT2D eigenvalue weighted by molar-refractivity contribution is 7.99. The van der Waals surface area contributed by atoms with E-state index in [1.807, 2.05) is 62.4 Å². The monoisotopic (exact) mass is 420 g/mol. The molecule has 0 spiro atoms. The Labute approximate surface area is 172 Å². The molecule has 1 N–H and O–H groups in total. The summed E-state index contributed by atoms with van der Waals surface area (Å²) in [6, 6.07) is 15.1. The molecule has 0 aliphatic rings. The van der Waals surface area contributed by atoms with Crippen LogP contribution in [0.4, 0.5) is 5.69 Å². The molecule has 1 aromatic heterocycles. The number of hydrogen-bond donors (Lipinski definition) is 1. The number of hydrogen-bond acceptors (Lipinski definition) is 4. The van der Waals surface area contributed by atoms with Crippen molar-refractivity contribution in [2.45, 2.75) is 30.4 Å². The standard InChI is InChI=1S/C19H18Cl2N4OS/c1-12(2)17(26)22-15-5-3-4-6-16(15)27-19-23-18(21)24-25(19)11-13-7-9-14(20)10-8-13/h3-10,12H,11H2,1-2H3,(H,22,26). The van der Waals surface area contributed by atoms with E-state index in [1.165, 1.54) is 11.8 Å². The van der Waals surface area contributed by atoms with Gasteiger partial charge in [-0.3, -0.25) is 4.79 Å². The summed E-state index contributed by atoms with van der Waals surface area (Å²) in [6.07, 6.45) is 0. The van der Waals surface area contributed by atoms with Gasteiger partial charge < -0.3 is 5.32 Å². The highest BCUT2D eigenvalue weighted by atomic mass is 35.5.